The Hall–Kier alpha value is -1.21. The minimum atomic E-state index is 0.645. The number of nitrogens with zero attached hydrogens (tertiary/aromatic N) is 4. The largest absolute Gasteiger partial charge is 0.354 e. The fourth-order valence-corrected chi connectivity index (χ4v) is 2.32. The van der Waals surface area contributed by atoms with Crippen molar-refractivity contribution in [2.45, 2.75) is 16.3 Å². The van der Waals surface area contributed by atoms with E-state index in [0.717, 1.165) is 15.9 Å². The highest BCUT2D eigenvalue weighted by Crippen LogP contribution is 2.26. The summed E-state index contributed by atoms with van der Waals surface area (Å²) in [6, 6.07) is 1.85. The van der Waals surface area contributed by atoms with E-state index in [-0.39, 0.29) is 0 Å². The maximum atomic E-state index is 4.32. The van der Waals surface area contributed by atoms with Crippen molar-refractivity contribution in [1.29, 1.82) is 0 Å². The molecule has 2 rings (SSSR count). The monoisotopic (exact) mass is 239 g/mol. The van der Waals surface area contributed by atoms with Crippen LogP contribution in [0.25, 0.3) is 0 Å². The third-order valence-electron chi connectivity index (χ3n) is 1.50. The van der Waals surface area contributed by atoms with E-state index in [4.69, 9.17) is 0 Å². The predicted octanol–water partition coefficient (Wildman–Crippen LogP) is 1.91. The second-order valence-electron chi connectivity index (χ2n) is 2.56. The van der Waals surface area contributed by atoms with E-state index < -0.39 is 0 Å². The maximum Gasteiger partial charge on any atom is 0.223 e. The number of hydrogen-bond donors (Lipinski definition) is 1. The summed E-state index contributed by atoms with van der Waals surface area (Å²) in [5, 5.41) is 11.6. The zero-order valence-electron chi connectivity index (χ0n) is 8.04. The Morgan fingerprint density at radius 1 is 1.53 bits per heavy atom. The van der Waals surface area contributed by atoms with Crippen LogP contribution in [0.4, 0.5) is 5.95 Å². The molecule has 5 nitrogen and oxygen atoms in total. The van der Waals surface area contributed by atoms with Crippen LogP contribution in [-0.2, 0) is 0 Å². The van der Waals surface area contributed by atoms with Crippen molar-refractivity contribution in [3.05, 3.63) is 17.8 Å². The average Bonchev–Trinajstić information content (AvgIpc) is 2.71. The van der Waals surface area contributed by atoms with Crippen molar-refractivity contribution in [2.24, 2.45) is 0 Å². The molecule has 7 heteroatoms. The fraction of sp³-hybridized carbons (Fsp3) is 0.250. The summed E-state index contributed by atoms with van der Waals surface area (Å²) in [4.78, 5) is 8.41. The number of nitrogens with one attached hydrogen (secondary N) is 1. The average molecular weight is 239 g/mol. The molecule has 15 heavy (non-hydrogen) atoms. The summed E-state index contributed by atoms with van der Waals surface area (Å²) in [5.74, 6) is 0.645. The van der Waals surface area contributed by atoms with E-state index in [0.29, 0.717) is 5.95 Å². The third kappa shape index (κ3) is 2.87. The van der Waals surface area contributed by atoms with Crippen molar-refractivity contribution >= 4 is 29.0 Å². The Balaban J connectivity index is 2.11. The molecule has 0 atom stereocenters. The lowest BCUT2D eigenvalue weighted by molar-refractivity contribution is 0.992. The molecule has 78 valence electrons. The van der Waals surface area contributed by atoms with Crippen molar-refractivity contribution in [3.63, 3.8) is 0 Å². The Labute approximate surface area is 95.4 Å². The van der Waals surface area contributed by atoms with Crippen molar-refractivity contribution in [2.75, 3.05) is 11.9 Å². The summed E-state index contributed by atoms with van der Waals surface area (Å²) in [7, 11) is 0. The highest BCUT2D eigenvalue weighted by atomic mass is 32.2. The first-order valence-corrected chi connectivity index (χ1v) is 6.09. The zero-order chi connectivity index (χ0) is 10.5. The minimum Gasteiger partial charge on any atom is -0.354 e. The van der Waals surface area contributed by atoms with Gasteiger partial charge in [0.1, 0.15) is 10.5 Å². The van der Waals surface area contributed by atoms with Crippen molar-refractivity contribution in [3.8, 4) is 0 Å². The van der Waals surface area contributed by atoms with Crippen LogP contribution in [0, 0.1) is 0 Å². The Morgan fingerprint density at radius 2 is 2.47 bits per heavy atom. The fourth-order valence-electron chi connectivity index (χ4n) is 0.939. The SMILES string of the molecule is CCNc1nccc(Sc2nncs2)n1. The molecule has 0 saturated carbocycles. The molecule has 0 aliphatic carbocycles. The molecule has 0 aliphatic rings. The summed E-state index contributed by atoms with van der Waals surface area (Å²) >= 11 is 2.98. The van der Waals surface area contributed by atoms with Gasteiger partial charge in [0.05, 0.1) is 0 Å². The molecule has 0 spiro atoms. The summed E-state index contributed by atoms with van der Waals surface area (Å²) < 4.78 is 0.885. The molecule has 2 aromatic heterocycles. The van der Waals surface area contributed by atoms with E-state index in [1.807, 2.05) is 13.0 Å². The van der Waals surface area contributed by atoms with Crippen LogP contribution in [0.5, 0.6) is 0 Å². The summed E-state index contributed by atoms with van der Waals surface area (Å²) in [5.41, 5.74) is 1.70. The molecule has 0 fully saturated rings. The molecule has 0 aliphatic heterocycles. The van der Waals surface area contributed by atoms with E-state index in [9.17, 15) is 0 Å². The van der Waals surface area contributed by atoms with Crippen LogP contribution in [0.1, 0.15) is 6.92 Å². The van der Waals surface area contributed by atoms with Gasteiger partial charge in [0.15, 0.2) is 4.34 Å². The number of aromatic nitrogens is 4. The van der Waals surface area contributed by atoms with Gasteiger partial charge in [0.25, 0.3) is 0 Å². The van der Waals surface area contributed by atoms with Crippen LogP contribution in [0.15, 0.2) is 27.1 Å². The Bertz CT molecular complexity index is 417. The Morgan fingerprint density at radius 3 is 3.20 bits per heavy atom. The van der Waals surface area contributed by atoms with Gasteiger partial charge in [-0.05, 0) is 24.8 Å². The van der Waals surface area contributed by atoms with Gasteiger partial charge in [-0.2, -0.15) is 0 Å². The summed E-state index contributed by atoms with van der Waals surface area (Å²) in [6.45, 7) is 2.82. The van der Waals surface area contributed by atoms with E-state index in [1.54, 1.807) is 11.7 Å². The van der Waals surface area contributed by atoms with Gasteiger partial charge in [-0.25, -0.2) is 9.97 Å². The number of hydrogen-bond acceptors (Lipinski definition) is 7. The van der Waals surface area contributed by atoms with Gasteiger partial charge in [0.2, 0.25) is 5.95 Å². The van der Waals surface area contributed by atoms with Gasteiger partial charge < -0.3 is 5.32 Å². The molecule has 0 unspecified atom stereocenters. The quantitative estimate of drug-likeness (QED) is 0.822. The second-order valence-corrected chi connectivity index (χ2v) is 4.66. The lowest BCUT2D eigenvalue weighted by Gasteiger charge is -2.01. The highest BCUT2D eigenvalue weighted by Gasteiger charge is 2.03. The van der Waals surface area contributed by atoms with E-state index in [1.165, 1.54) is 23.1 Å². The predicted molar refractivity (Wildman–Crippen MR) is 60.2 cm³/mol. The van der Waals surface area contributed by atoms with Crippen molar-refractivity contribution < 1.29 is 0 Å². The van der Waals surface area contributed by atoms with Crippen LogP contribution in [-0.4, -0.2) is 26.7 Å². The first kappa shape index (κ1) is 10.3. The number of rotatable bonds is 4. The first-order valence-electron chi connectivity index (χ1n) is 4.39. The van der Waals surface area contributed by atoms with Gasteiger partial charge >= 0.3 is 0 Å². The maximum absolute atomic E-state index is 4.32. The normalized spacial score (nSPS) is 10.2. The van der Waals surface area contributed by atoms with Crippen LogP contribution < -0.4 is 5.32 Å². The highest BCUT2D eigenvalue weighted by molar-refractivity contribution is 8.00. The molecule has 1 N–H and O–H groups in total. The van der Waals surface area contributed by atoms with Crippen LogP contribution >= 0.6 is 23.1 Å². The molecule has 0 saturated heterocycles. The molecule has 0 aromatic carbocycles. The van der Waals surface area contributed by atoms with Gasteiger partial charge in [0, 0.05) is 12.7 Å². The Kier molecular flexibility index (Phi) is 3.46. The summed E-state index contributed by atoms with van der Waals surface area (Å²) in [6.07, 6.45) is 1.73. The van der Waals surface area contributed by atoms with E-state index in [2.05, 4.69) is 25.5 Å². The zero-order valence-corrected chi connectivity index (χ0v) is 9.68. The third-order valence-corrected chi connectivity index (χ3v) is 3.21. The molecule has 0 amide bonds. The topological polar surface area (TPSA) is 63.6 Å². The lowest BCUT2D eigenvalue weighted by Crippen LogP contribution is -2.01. The first-order chi connectivity index (χ1) is 7.38. The molecule has 0 bridgehead atoms. The number of anilines is 1. The van der Waals surface area contributed by atoms with Crippen molar-refractivity contribution in [1.82, 2.24) is 20.2 Å². The smallest absolute Gasteiger partial charge is 0.223 e. The standard InChI is InChI=1S/C8H9N5S2/c1-2-9-7-10-4-3-6(12-7)15-8-13-11-5-14-8/h3-5H,2H2,1H3,(H,9,10,12). The van der Waals surface area contributed by atoms with Gasteiger partial charge in [-0.15, -0.1) is 10.2 Å². The molecule has 2 heterocycles. The van der Waals surface area contributed by atoms with E-state index >= 15 is 0 Å². The molecular weight excluding hydrogens is 230 g/mol. The lowest BCUT2D eigenvalue weighted by atomic mass is 10.6. The molecule has 2 aromatic rings. The van der Waals surface area contributed by atoms with Crippen LogP contribution in [0.3, 0.4) is 0 Å². The van der Waals surface area contributed by atoms with Gasteiger partial charge in [-0.3, -0.25) is 0 Å². The van der Waals surface area contributed by atoms with Crippen LogP contribution in [0.2, 0.25) is 0 Å². The van der Waals surface area contributed by atoms with Gasteiger partial charge in [-0.1, -0.05) is 11.3 Å². The second kappa shape index (κ2) is 5.04. The minimum absolute atomic E-state index is 0.645. The molecule has 0 radical (unpaired) electrons. The molecular formula is C8H9N5S2.